The summed E-state index contributed by atoms with van der Waals surface area (Å²) in [5.74, 6) is 0. The summed E-state index contributed by atoms with van der Waals surface area (Å²) in [4.78, 5) is 0.0693. The van der Waals surface area contributed by atoms with Gasteiger partial charge in [-0.05, 0) is 30.3 Å². The highest BCUT2D eigenvalue weighted by Crippen LogP contribution is 2.28. The van der Waals surface area contributed by atoms with Crippen molar-refractivity contribution < 1.29 is 8.42 Å². The zero-order valence-electron chi connectivity index (χ0n) is 10.2. The second kappa shape index (κ2) is 5.42. The highest BCUT2D eigenvalue weighted by Gasteiger charge is 2.19. The normalized spacial score (nSPS) is 11.7. The van der Waals surface area contributed by atoms with E-state index in [-0.39, 0.29) is 9.92 Å². The third-order valence-corrected chi connectivity index (χ3v) is 5.40. The Balaban J connectivity index is 2.04. The van der Waals surface area contributed by atoms with Gasteiger partial charge in [-0.3, -0.25) is 4.72 Å². The van der Waals surface area contributed by atoms with E-state index in [1.165, 1.54) is 24.3 Å². The number of fused-ring (bicyclic) bond motifs is 1. The molecular weight excluding hydrogens is 353 g/mol. The standard InChI is InChI=1S/C12H7Cl2N3O2S2/c13-8-5-4-7(6-9(8)14)17-21(18,19)11-3-1-2-10-12(11)16-20-15-10/h1-6,17H. The lowest BCUT2D eigenvalue weighted by Crippen LogP contribution is -2.13. The van der Waals surface area contributed by atoms with Crippen molar-refractivity contribution in [1.29, 1.82) is 0 Å². The van der Waals surface area contributed by atoms with Crippen molar-refractivity contribution >= 4 is 61.7 Å². The minimum absolute atomic E-state index is 0.0693. The van der Waals surface area contributed by atoms with Gasteiger partial charge in [-0.15, -0.1) is 0 Å². The highest BCUT2D eigenvalue weighted by molar-refractivity contribution is 7.93. The number of rotatable bonds is 3. The first-order valence-electron chi connectivity index (χ1n) is 5.66. The predicted molar refractivity (Wildman–Crippen MR) is 84.7 cm³/mol. The Morgan fingerprint density at radius 3 is 2.62 bits per heavy atom. The number of nitrogens with zero attached hydrogens (tertiary/aromatic N) is 2. The summed E-state index contributed by atoms with van der Waals surface area (Å²) in [5.41, 5.74) is 1.21. The van der Waals surface area contributed by atoms with Crippen LogP contribution in [-0.4, -0.2) is 17.2 Å². The molecule has 0 unspecified atom stereocenters. The summed E-state index contributed by atoms with van der Waals surface area (Å²) in [6, 6.07) is 9.30. The zero-order valence-corrected chi connectivity index (χ0v) is 13.4. The van der Waals surface area contributed by atoms with Crippen LogP contribution < -0.4 is 4.72 Å². The van der Waals surface area contributed by atoms with Gasteiger partial charge < -0.3 is 0 Å². The Bertz CT molecular complexity index is 925. The first kappa shape index (κ1) is 14.5. The average molecular weight is 360 g/mol. The fourth-order valence-electron chi connectivity index (χ4n) is 1.77. The Labute approximate surface area is 134 Å². The maximum atomic E-state index is 12.5. The van der Waals surface area contributed by atoms with Gasteiger partial charge in [0.25, 0.3) is 10.0 Å². The van der Waals surface area contributed by atoms with Crippen molar-refractivity contribution in [2.45, 2.75) is 4.90 Å². The molecule has 0 aliphatic rings. The van der Waals surface area contributed by atoms with E-state index in [9.17, 15) is 8.42 Å². The SMILES string of the molecule is O=S(=O)(Nc1ccc(Cl)c(Cl)c1)c1cccc2nsnc12. The van der Waals surface area contributed by atoms with Crippen molar-refractivity contribution in [3.8, 4) is 0 Å². The van der Waals surface area contributed by atoms with E-state index in [2.05, 4.69) is 13.5 Å². The minimum Gasteiger partial charge on any atom is -0.280 e. The van der Waals surface area contributed by atoms with E-state index in [0.29, 0.717) is 21.7 Å². The van der Waals surface area contributed by atoms with Crippen LogP contribution in [0.1, 0.15) is 0 Å². The predicted octanol–water partition coefficient (Wildman–Crippen LogP) is 3.80. The minimum atomic E-state index is -3.79. The molecule has 0 spiro atoms. The molecule has 1 N–H and O–H groups in total. The molecule has 3 aromatic rings. The zero-order chi connectivity index (χ0) is 15.0. The van der Waals surface area contributed by atoms with Crippen molar-refractivity contribution in [3.05, 3.63) is 46.4 Å². The third-order valence-electron chi connectivity index (χ3n) is 2.71. The van der Waals surface area contributed by atoms with Crippen molar-refractivity contribution in [1.82, 2.24) is 8.75 Å². The van der Waals surface area contributed by atoms with Crippen LogP contribution in [0.25, 0.3) is 11.0 Å². The molecule has 1 aromatic heterocycles. The maximum Gasteiger partial charge on any atom is 0.264 e. The van der Waals surface area contributed by atoms with Gasteiger partial charge >= 0.3 is 0 Å². The molecule has 0 aliphatic heterocycles. The molecule has 0 atom stereocenters. The van der Waals surface area contributed by atoms with Crippen molar-refractivity contribution in [2.24, 2.45) is 0 Å². The van der Waals surface area contributed by atoms with E-state index in [4.69, 9.17) is 23.2 Å². The Morgan fingerprint density at radius 1 is 1.05 bits per heavy atom. The molecule has 1 heterocycles. The average Bonchev–Trinajstić information content (AvgIpc) is 2.90. The third kappa shape index (κ3) is 2.82. The molecule has 0 fully saturated rings. The summed E-state index contributed by atoms with van der Waals surface area (Å²) in [5, 5.41) is 0.621. The van der Waals surface area contributed by atoms with Crippen LogP contribution in [-0.2, 0) is 10.0 Å². The Hall–Kier alpha value is -1.41. The largest absolute Gasteiger partial charge is 0.280 e. The molecule has 2 aromatic carbocycles. The molecule has 0 radical (unpaired) electrons. The lowest BCUT2D eigenvalue weighted by molar-refractivity contribution is 0.602. The maximum absolute atomic E-state index is 12.5. The highest BCUT2D eigenvalue weighted by atomic mass is 35.5. The van der Waals surface area contributed by atoms with Gasteiger partial charge in [0.15, 0.2) is 0 Å². The van der Waals surface area contributed by atoms with Gasteiger partial charge in [-0.25, -0.2) is 8.42 Å². The van der Waals surface area contributed by atoms with E-state index >= 15 is 0 Å². The monoisotopic (exact) mass is 359 g/mol. The quantitative estimate of drug-likeness (QED) is 0.771. The number of anilines is 1. The van der Waals surface area contributed by atoms with Crippen LogP contribution >= 0.6 is 34.9 Å². The van der Waals surface area contributed by atoms with Gasteiger partial charge in [0.2, 0.25) is 0 Å². The first-order chi connectivity index (χ1) is 9.97. The van der Waals surface area contributed by atoms with Gasteiger partial charge in [0.1, 0.15) is 15.9 Å². The number of hydrogen-bond donors (Lipinski definition) is 1. The van der Waals surface area contributed by atoms with Crippen LogP contribution in [0.3, 0.4) is 0 Å². The Kier molecular flexibility index (Phi) is 3.75. The summed E-state index contributed by atoms with van der Waals surface area (Å²) in [7, 11) is -3.79. The van der Waals surface area contributed by atoms with E-state index in [0.717, 1.165) is 11.7 Å². The molecule has 0 bridgehead atoms. The molecule has 3 rings (SSSR count). The lowest BCUT2D eigenvalue weighted by Gasteiger charge is -2.09. The smallest absolute Gasteiger partial charge is 0.264 e. The molecule has 5 nitrogen and oxygen atoms in total. The second-order valence-electron chi connectivity index (χ2n) is 4.12. The van der Waals surface area contributed by atoms with Crippen LogP contribution in [0, 0.1) is 0 Å². The molecule has 9 heteroatoms. The summed E-state index contributed by atoms with van der Waals surface area (Å²) >= 11 is 12.6. The van der Waals surface area contributed by atoms with Crippen LogP contribution in [0.4, 0.5) is 5.69 Å². The van der Waals surface area contributed by atoms with Gasteiger partial charge in [-0.2, -0.15) is 8.75 Å². The number of hydrogen-bond acceptors (Lipinski definition) is 5. The molecule has 0 saturated heterocycles. The van der Waals surface area contributed by atoms with E-state index in [1.807, 2.05) is 0 Å². The molecule has 0 saturated carbocycles. The van der Waals surface area contributed by atoms with Crippen molar-refractivity contribution in [2.75, 3.05) is 4.72 Å². The van der Waals surface area contributed by atoms with Crippen molar-refractivity contribution in [3.63, 3.8) is 0 Å². The number of halogens is 2. The fourth-order valence-corrected chi connectivity index (χ4v) is 3.88. The van der Waals surface area contributed by atoms with E-state index in [1.54, 1.807) is 12.1 Å². The number of nitrogens with one attached hydrogen (secondary N) is 1. The van der Waals surface area contributed by atoms with Crippen LogP contribution in [0.15, 0.2) is 41.3 Å². The summed E-state index contributed by atoms with van der Waals surface area (Å²) in [6.45, 7) is 0. The fraction of sp³-hybridized carbons (Fsp3) is 0. The van der Waals surface area contributed by atoms with Gasteiger partial charge in [-0.1, -0.05) is 29.3 Å². The molecule has 0 amide bonds. The van der Waals surface area contributed by atoms with Crippen LogP contribution in [0.2, 0.25) is 10.0 Å². The molecule has 0 aliphatic carbocycles. The summed E-state index contributed by atoms with van der Waals surface area (Å²) in [6.07, 6.45) is 0. The first-order valence-corrected chi connectivity index (χ1v) is 8.63. The Morgan fingerprint density at radius 2 is 1.86 bits per heavy atom. The number of sulfonamides is 1. The molecular formula is C12H7Cl2N3O2S2. The molecule has 21 heavy (non-hydrogen) atoms. The topological polar surface area (TPSA) is 72.0 Å². The lowest BCUT2D eigenvalue weighted by atomic mass is 10.3. The van der Waals surface area contributed by atoms with Gasteiger partial charge in [0, 0.05) is 0 Å². The molecule has 108 valence electrons. The second-order valence-corrected chi connectivity index (χ2v) is 7.12. The number of aromatic nitrogens is 2. The summed E-state index contributed by atoms with van der Waals surface area (Å²) < 4.78 is 35.4. The van der Waals surface area contributed by atoms with Gasteiger partial charge in [0.05, 0.1) is 27.5 Å². The van der Waals surface area contributed by atoms with Crippen LogP contribution in [0.5, 0.6) is 0 Å². The van der Waals surface area contributed by atoms with E-state index < -0.39 is 10.0 Å². The number of benzene rings is 2.